The fourth-order valence-corrected chi connectivity index (χ4v) is 1.41. The van der Waals surface area contributed by atoms with Gasteiger partial charge in [0, 0.05) is 22.7 Å². The van der Waals surface area contributed by atoms with Crippen LogP contribution in [0, 0.1) is 0 Å². The number of hydrogen-bond acceptors (Lipinski definition) is 5. The molecule has 0 aliphatic carbocycles. The predicted molar refractivity (Wildman–Crippen MR) is 62.1 cm³/mol. The van der Waals surface area contributed by atoms with Crippen LogP contribution in [0.2, 0.25) is 0 Å². The van der Waals surface area contributed by atoms with Crippen molar-refractivity contribution in [2.24, 2.45) is 5.11 Å². The highest BCUT2D eigenvalue weighted by Crippen LogP contribution is 2.29. The van der Waals surface area contributed by atoms with Gasteiger partial charge in [0.25, 0.3) is 0 Å². The molecule has 2 atom stereocenters. The number of phenolic OH excluding ortho intramolecular Hbond substituents is 1. The lowest BCUT2D eigenvalue weighted by Gasteiger charge is -2.18. The Morgan fingerprint density at radius 3 is 2.76 bits per heavy atom. The number of aromatic hydroxyl groups is 1. The summed E-state index contributed by atoms with van der Waals surface area (Å²) in [6.45, 7) is 0.0673. The average molecular weight is 238 g/mol. The van der Waals surface area contributed by atoms with Gasteiger partial charge in [-0.3, -0.25) is 0 Å². The highest BCUT2D eigenvalue weighted by molar-refractivity contribution is 5.48. The number of rotatable bonds is 5. The van der Waals surface area contributed by atoms with E-state index in [1.807, 2.05) is 0 Å². The third-order valence-electron chi connectivity index (χ3n) is 2.32. The van der Waals surface area contributed by atoms with Gasteiger partial charge in [0.1, 0.15) is 11.9 Å². The molecule has 0 saturated carbocycles. The van der Waals surface area contributed by atoms with Gasteiger partial charge in [0.05, 0.1) is 6.10 Å². The molecule has 0 fully saturated rings. The highest BCUT2D eigenvalue weighted by Gasteiger charge is 2.20. The number of anilines is 1. The van der Waals surface area contributed by atoms with Crippen LogP contribution in [0.5, 0.6) is 5.75 Å². The first kappa shape index (κ1) is 13.1. The summed E-state index contributed by atoms with van der Waals surface area (Å²) in [5.74, 6) is -0.144. The number of benzene rings is 1. The Morgan fingerprint density at radius 1 is 1.41 bits per heavy atom. The summed E-state index contributed by atoms with van der Waals surface area (Å²) in [6, 6.07) is 4.21. The molecule has 7 heteroatoms. The molecule has 0 spiro atoms. The maximum atomic E-state index is 9.79. The fraction of sp³-hybridized carbons (Fsp3) is 0.400. The zero-order chi connectivity index (χ0) is 12.8. The number of nitrogens with two attached hydrogens (primary N) is 1. The third-order valence-corrected chi connectivity index (χ3v) is 2.32. The third kappa shape index (κ3) is 3.53. The number of hydrogen-bond donors (Lipinski definition) is 4. The van der Waals surface area contributed by atoms with E-state index in [0.717, 1.165) is 0 Å². The Morgan fingerprint density at radius 2 is 2.12 bits per heavy atom. The molecule has 17 heavy (non-hydrogen) atoms. The van der Waals surface area contributed by atoms with Crippen molar-refractivity contribution in [1.29, 1.82) is 0 Å². The molecule has 1 aromatic carbocycles. The summed E-state index contributed by atoms with van der Waals surface area (Å²) in [5.41, 5.74) is 14.1. The summed E-state index contributed by atoms with van der Waals surface area (Å²) < 4.78 is 0. The monoisotopic (exact) mass is 238 g/mol. The summed E-state index contributed by atoms with van der Waals surface area (Å²) in [5, 5.41) is 32.2. The molecule has 1 rings (SSSR count). The van der Waals surface area contributed by atoms with Crippen molar-refractivity contribution >= 4 is 5.69 Å². The summed E-state index contributed by atoms with van der Waals surface area (Å²) in [6.07, 6.45) is -2.31. The molecule has 0 radical (unpaired) electrons. The van der Waals surface area contributed by atoms with Crippen LogP contribution in [0.1, 0.15) is 18.1 Å². The van der Waals surface area contributed by atoms with Gasteiger partial charge in [-0.25, -0.2) is 0 Å². The molecular weight excluding hydrogens is 224 g/mol. The summed E-state index contributed by atoms with van der Waals surface area (Å²) in [7, 11) is 0. The van der Waals surface area contributed by atoms with Crippen LogP contribution < -0.4 is 5.73 Å². The van der Waals surface area contributed by atoms with Gasteiger partial charge in [0.2, 0.25) is 0 Å². The molecule has 7 nitrogen and oxygen atoms in total. The average Bonchev–Trinajstić information content (AvgIpc) is 2.31. The van der Waals surface area contributed by atoms with E-state index in [-0.39, 0.29) is 24.3 Å². The normalized spacial score (nSPS) is 13.8. The van der Waals surface area contributed by atoms with E-state index in [0.29, 0.717) is 5.69 Å². The number of nitrogens with zero attached hydrogens (tertiary/aromatic N) is 3. The minimum Gasteiger partial charge on any atom is -0.508 e. The molecule has 1 aromatic rings. The summed E-state index contributed by atoms with van der Waals surface area (Å²) in [4.78, 5) is 2.53. The lowest BCUT2D eigenvalue weighted by Crippen LogP contribution is -2.19. The number of phenols is 1. The quantitative estimate of drug-likeness (QED) is 0.200. The second-order valence-electron chi connectivity index (χ2n) is 3.57. The molecule has 0 aromatic heterocycles. The van der Waals surface area contributed by atoms with Gasteiger partial charge in [-0.05, 0) is 30.2 Å². The van der Waals surface area contributed by atoms with Gasteiger partial charge < -0.3 is 21.1 Å². The van der Waals surface area contributed by atoms with E-state index < -0.39 is 12.2 Å². The van der Waals surface area contributed by atoms with Crippen molar-refractivity contribution in [3.8, 4) is 5.75 Å². The number of aliphatic hydroxyl groups is 2. The van der Waals surface area contributed by atoms with Crippen LogP contribution >= 0.6 is 0 Å². The Hall–Kier alpha value is -1.95. The largest absolute Gasteiger partial charge is 0.508 e. The Labute approximate surface area is 97.7 Å². The van der Waals surface area contributed by atoms with Crippen LogP contribution in [0.15, 0.2) is 23.3 Å². The van der Waals surface area contributed by atoms with E-state index in [9.17, 15) is 15.3 Å². The highest BCUT2D eigenvalue weighted by atomic mass is 16.3. The molecule has 5 N–H and O–H groups in total. The second-order valence-corrected chi connectivity index (χ2v) is 3.57. The van der Waals surface area contributed by atoms with Gasteiger partial charge in [-0.15, -0.1) is 0 Å². The Balaban J connectivity index is 2.76. The van der Waals surface area contributed by atoms with Crippen LogP contribution in [-0.4, -0.2) is 28.0 Å². The van der Waals surface area contributed by atoms with Crippen LogP contribution in [0.3, 0.4) is 0 Å². The van der Waals surface area contributed by atoms with Gasteiger partial charge in [-0.2, -0.15) is 0 Å². The van der Waals surface area contributed by atoms with Gasteiger partial charge in [-0.1, -0.05) is 5.11 Å². The molecule has 92 valence electrons. The molecule has 0 saturated heterocycles. The molecule has 0 aliphatic heterocycles. The van der Waals surface area contributed by atoms with Crippen LogP contribution in [0.25, 0.3) is 10.4 Å². The zero-order valence-corrected chi connectivity index (χ0v) is 9.06. The predicted octanol–water partition coefficient (Wildman–Crippen LogP) is 1.07. The molecule has 2 unspecified atom stereocenters. The zero-order valence-electron chi connectivity index (χ0n) is 9.06. The molecule has 0 aliphatic rings. The minimum absolute atomic E-state index is 0.0673. The Kier molecular flexibility index (Phi) is 4.59. The number of nitrogen functional groups attached to an aromatic ring is 1. The van der Waals surface area contributed by atoms with Gasteiger partial charge >= 0.3 is 0 Å². The topological polar surface area (TPSA) is 135 Å². The second kappa shape index (κ2) is 5.95. The van der Waals surface area contributed by atoms with E-state index >= 15 is 0 Å². The Bertz CT molecular complexity index is 432. The van der Waals surface area contributed by atoms with E-state index in [4.69, 9.17) is 11.3 Å². The maximum absolute atomic E-state index is 9.79. The van der Waals surface area contributed by atoms with Crippen molar-refractivity contribution in [3.63, 3.8) is 0 Å². The fourth-order valence-electron chi connectivity index (χ4n) is 1.41. The maximum Gasteiger partial charge on any atom is 0.121 e. The summed E-state index contributed by atoms with van der Waals surface area (Å²) >= 11 is 0. The van der Waals surface area contributed by atoms with Crippen LogP contribution in [-0.2, 0) is 0 Å². The van der Waals surface area contributed by atoms with Crippen molar-refractivity contribution < 1.29 is 15.3 Å². The lowest BCUT2D eigenvalue weighted by atomic mass is 10.0. The van der Waals surface area contributed by atoms with Crippen molar-refractivity contribution in [3.05, 3.63) is 34.2 Å². The van der Waals surface area contributed by atoms with E-state index in [2.05, 4.69) is 10.0 Å². The van der Waals surface area contributed by atoms with E-state index in [1.165, 1.54) is 18.2 Å². The van der Waals surface area contributed by atoms with Crippen LogP contribution in [0.4, 0.5) is 5.69 Å². The molecule has 0 amide bonds. The van der Waals surface area contributed by atoms with Crippen molar-refractivity contribution in [2.75, 3.05) is 12.3 Å². The SMILES string of the molecule is [N-]=[N+]=NCCC(O)C(O)c1cc(N)ccc1O. The minimum atomic E-state index is -1.27. The lowest BCUT2D eigenvalue weighted by molar-refractivity contribution is 0.0138. The van der Waals surface area contributed by atoms with E-state index in [1.54, 1.807) is 0 Å². The number of azide groups is 1. The standard InChI is InChI=1S/C10H14N4O3/c11-6-1-2-8(15)7(5-6)10(17)9(16)3-4-13-14-12/h1-2,5,9-10,15-17H,3-4,11H2. The molecule has 0 bridgehead atoms. The molecule has 0 heterocycles. The number of aliphatic hydroxyl groups excluding tert-OH is 2. The van der Waals surface area contributed by atoms with Gasteiger partial charge in [0.15, 0.2) is 0 Å². The first-order chi connectivity index (χ1) is 8.06. The smallest absolute Gasteiger partial charge is 0.121 e. The first-order valence-corrected chi connectivity index (χ1v) is 5.01. The first-order valence-electron chi connectivity index (χ1n) is 5.01. The van der Waals surface area contributed by atoms with Crippen molar-refractivity contribution in [2.45, 2.75) is 18.6 Å². The van der Waals surface area contributed by atoms with Crippen molar-refractivity contribution in [1.82, 2.24) is 0 Å². The molecular formula is C10H14N4O3.